The molecule has 1 N–H and O–H groups in total. The van der Waals surface area contributed by atoms with E-state index in [1.165, 1.54) is 0 Å². The molecule has 4 nitrogen and oxygen atoms in total. The van der Waals surface area contributed by atoms with Gasteiger partial charge in [-0.05, 0) is 38.8 Å². The van der Waals surface area contributed by atoms with Gasteiger partial charge in [0.2, 0.25) is 0 Å². The minimum atomic E-state index is -0.675. The molecule has 0 amide bonds. The predicted molar refractivity (Wildman–Crippen MR) is 65.9 cm³/mol. The highest BCUT2D eigenvalue weighted by Gasteiger charge is 2.33. The molecule has 0 radical (unpaired) electrons. The molecular formula is C13H17N3O. The molecule has 0 saturated carbocycles. The van der Waals surface area contributed by atoms with Gasteiger partial charge in [0.25, 0.3) is 0 Å². The Bertz CT molecular complexity index is 488. The van der Waals surface area contributed by atoms with Crippen LogP contribution in [0, 0.1) is 25.2 Å². The van der Waals surface area contributed by atoms with E-state index in [0.29, 0.717) is 24.3 Å². The lowest BCUT2D eigenvalue weighted by Crippen LogP contribution is -2.30. The molecule has 1 aromatic rings. The highest BCUT2D eigenvalue weighted by Crippen LogP contribution is 2.29. The zero-order valence-electron chi connectivity index (χ0n) is 10.5. The summed E-state index contributed by atoms with van der Waals surface area (Å²) in [5, 5.41) is 19.2. The number of aliphatic hydroxyl groups is 1. The molecule has 0 spiro atoms. The summed E-state index contributed by atoms with van der Waals surface area (Å²) in [5.74, 6) is 0.711. The lowest BCUT2D eigenvalue weighted by atomic mass is 10.1. The monoisotopic (exact) mass is 231 g/mol. The average Bonchev–Trinajstić information content (AvgIpc) is 2.57. The number of pyridine rings is 1. The summed E-state index contributed by atoms with van der Waals surface area (Å²) >= 11 is 0. The van der Waals surface area contributed by atoms with Crippen LogP contribution in [0.3, 0.4) is 0 Å². The third-order valence-corrected chi connectivity index (χ3v) is 3.19. The van der Waals surface area contributed by atoms with Crippen molar-refractivity contribution >= 4 is 5.82 Å². The lowest BCUT2D eigenvalue weighted by Gasteiger charge is -2.21. The molecule has 1 unspecified atom stereocenters. The molecule has 1 aromatic heterocycles. The van der Waals surface area contributed by atoms with Gasteiger partial charge < -0.3 is 10.0 Å². The van der Waals surface area contributed by atoms with Crippen LogP contribution in [0.2, 0.25) is 0 Å². The minimum absolute atomic E-state index is 0.539. The molecule has 17 heavy (non-hydrogen) atoms. The number of rotatable bonds is 1. The third-order valence-electron chi connectivity index (χ3n) is 3.19. The van der Waals surface area contributed by atoms with Gasteiger partial charge in [-0.15, -0.1) is 0 Å². The van der Waals surface area contributed by atoms with Crippen LogP contribution in [0.1, 0.15) is 30.2 Å². The Kier molecular flexibility index (Phi) is 2.80. The first-order valence-corrected chi connectivity index (χ1v) is 5.78. The standard InChI is InChI=1S/C13H17N3O/c1-9-6-10(2)15-12(11(9)7-14)16-5-4-13(3,17)8-16/h6,17H,4-5,8H2,1-3H3. The van der Waals surface area contributed by atoms with Gasteiger partial charge in [0, 0.05) is 18.8 Å². The van der Waals surface area contributed by atoms with E-state index in [4.69, 9.17) is 0 Å². The maximum Gasteiger partial charge on any atom is 0.147 e. The number of nitriles is 1. The quantitative estimate of drug-likeness (QED) is 0.796. The van der Waals surface area contributed by atoms with Gasteiger partial charge in [0.15, 0.2) is 0 Å². The van der Waals surface area contributed by atoms with Crippen molar-refractivity contribution in [1.82, 2.24) is 4.98 Å². The van der Waals surface area contributed by atoms with Crippen LogP contribution in [0.15, 0.2) is 6.07 Å². The fourth-order valence-corrected chi connectivity index (χ4v) is 2.31. The van der Waals surface area contributed by atoms with Crippen LogP contribution in [-0.2, 0) is 0 Å². The number of β-amino-alcohol motifs (C(OH)–C–C–N with tert-alkyl or cyclic N) is 1. The molecular weight excluding hydrogens is 214 g/mol. The number of hydrogen-bond donors (Lipinski definition) is 1. The summed E-state index contributed by atoms with van der Waals surface area (Å²) in [4.78, 5) is 6.44. The van der Waals surface area contributed by atoms with Crippen molar-refractivity contribution in [2.75, 3.05) is 18.0 Å². The van der Waals surface area contributed by atoms with Gasteiger partial charge in [-0.3, -0.25) is 0 Å². The van der Waals surface area contributed by atoms with Crippen molar-refractivity contribution in [3.8, 4) is 6.07 Å². The summed E-state index contributed by atoms with van der Waals surface area (Å²) in [6.45, 7) is 6.95. The van der Waals surface area contributed by atoms with Crippen LogP contribution in [0.5, 0.6) is 0 Å². The maximum absolute atomic E-state index is 9.98. The first-order valence-electron chi connectivity index (χ1n) is 5.78. The summed E-state index contributed by atoms with van der Waals surface area (Å²) in [7, 11) is 0. The molecule has 0 aliphatic carbocycles. The fraction of sp³-hybridized carbons (Fsp3) is 0.538. The molecule has 0 bridgehead atoms. The second kappa shape index (κ2) is 4.01. The number of aromatic nitrogens is 1. The van der Waals surface area contributed by atoms with Crippen molar-refractivity contribution in [3.05, 3.63) is 22.9 Å². The van der Waals surface area contributed by atoms with E-state index >= 15 is 0 Å². The summed E-state index contributed by atoms with van der Waals surface area (Å²) in [6, 6.07) is 4.12. The topological polar surface area (TPSA) is 60.2 Å². The molecule has 2 rings (SSSR count). The van der Waals surface area contributed by atoms with E-state index in [0.717, 1.165) is 17.8 Å². The maximum atomic E-state index is 9.98. The second-order valence-electron chi connectivity index (χ2n) is 5.06. The average molecular weight is 231 g/mol. The molecule has 1 aliphatic rings. The fourth-order valence-electron chi connectivity index (χ4n) is 2.31. The van der Waals surface area contributed by atoms with E-state index in [-0.39, 0.29) is 0 Å². The SMILES string of the molecule is Cc1cc(C)c(C#N)c(N2CCC(C)(O)C2)n1. The minimum Gasteiger partial charge on any atom is -0.388 e. The number of hydrogen-bond acceptors (Lipinski definition) is 4. The predicted octanol–water partition coefficient (Wildman–Crippen LogP) is 1.53. The highest BCUT2D eigenvalue weighted by atomic mass is 16.3. The number of anilines is 1. The Balaban J connectivity index is 2.43. The largest absolute Gasteiger partial charge is 0.388 e. The van der Waals surface area contributed by atoms with E-state index in [2.05, 4.69) is 11.1 Å². The van der Waals surface area contributed by atoms with Gasteiger partial charge in [-0.1, -0.05) is 0 Å². The van der Waals surface area contributed by atoms with Crippen LogP contribution in [-0.4, -0.2) is 28.8 Å². The first kappa shape index (κ1) is 11.9. The van der Waals surface area contributed by atoms with Crippen molar-refractivity contribution in [2.24, 2.45) is 0 Å². The highest BCUT2D eigenvalue weighted by molar-refractivity contribution is 5.58. The molecule has 1 saturated heterocycles. The zero-order valence-corrected chi connectivity index (χ0v) is 10.5. The Hall–Kier alpha value is -1.60. The Morgan fingerprint density at radius 1 is 1.53 bits per heavy atom. The normalized spacial score (nSPS) is 23.8. The summed E-state index contributed by atoms with van der Waals surface area (Å²) < 4.78 is 0. The Morgan fingerprint density at radius 2 is 2.24 bits per heavy atom. The zero-order chi connectivity index (χ0) is 12.6. The Labute approximate surface area is 102 Å². The number of aryl methyl sites for hydroxylation is 2. The van der Waals surface area contributed by atoms with Gasteiger partial charge in [-0.25, -0.2) is 4.98 Å². The van der Waals surface area contributed by atoms with Crippen LogP contribution in [0.4, 0.5) is 5.82 Å². The molecule has 2 heterocycles. The van der Waals surface area contributed by atoms with Crippen molar-refractivity contribution in [2.45, 2.75) is 32.8 Å². The van der Waals surface area contributed by atoms with Gasteiger partial charge in [-0.2, -0.15) is 5.26 Å². The van der Waals surface area contributed by atoms with Gasteiger partial charge in [0.05, 0.1) is 11.2 Å². The van der Waals surface area contributed by atoms with E-state index < -0.39 is 5.60 Å². The molecule has 1 aliphatic heterocycles. The van der Waals surface area contributed by atoms with Crippen LogP contribution in [0.25, 0.3) is 0 Å². The molecule has 1 fully saturated rings. The van der Waals surface area contributed by atoms with Crippen LogP contribution < -0.4 is 4.90 Å². The lowest BCUT2D eigenvalue weighted by molar-refractivity contribution is 0.0839. The molecule has 4 heteroatoms. The summed E-state index contributed by atoms with van der Waals surface area (Å²) in [5.41, 5.74) is 1.80. The van der Waals surface area contributed by atoms with Gasteiger partial charge in [0.1, 0.15) is 11.9 Å². The van der Waals surface area contributed by atoms with E-state index in [1.807, 2.05) is 31.7 Å². The first-order chi connectivity index (χ1) is 7.93. The van der Waals surface area contributed by atoms with Gasteiger partial charge >= 0.3 is 0 Å². The second-order valence-corrected chi connectivity index (χ2v) is 5.06. The van der Waals surface area contributed by atoms with Crippen molar-refractivity contribution in [3.63, 3.8) is 0 Å². The van der Waals surface area contributed by atoms with E-state index in [9.17, 15) is 10.4 Å². The van der Waals surface area contributed by atoms with Crippen molar-refractivity contribution in [1.29, 1.82) is 5.26 Å². The van der Waals surface area contributed by atoms with Crippen molar-refractivity contribution < 1.29 is 5.11 Å². The summed E-state index contributed by atoms with van der Waals surface area (Å²) in [6.07, 6.45) is 0.715. The van der Waals surface area contributed by atoms with E-state index in [1.54, 1.807) is 0 Å². The smallest absolute Gasteiger partial charge is 0.147 e. The number of nitrogens with zero attached hydrogens (tertiary/aromatic N) is 3. The third kappa shape index (κ3) is 2.25. The van der Waals surface area contributed by atoms with Crippen LogP contribution >= 0.6 is 0 Å². The molecule has 0 aromatic carbocycles. The molecule has 1 atom stereocenters. The molecule has 90 valence electrons. The Morgan fingerprint density at radius 3 is 2.76 bits per heavy atom.